The summed E-state index contributed by atoms with van der Waals surface area (Å²) >= 11 is 0. The number of nitrogens with zero attached hydrogens (tertiary/aromatic N) is 1. The van der Waals surface area contributed by atoms with E-state index in [1.165, 1.54) is 19.3 Å². The number of rotatable bonds is 4. The van der Waals surface area contributed by atoms with E-state index in [-0.39, 0.29) is 19.1 Å². The highest BCUT2D eigenvalue weighted by Gasteiger charge is 2.23. The van der Waals surface area contributed by atoms with Gasteiger partial charge in [-0.25, -0.2) is 0 Å². The standard InChI is InChI=1S/C14H25NO3/c16-10-12-6-8-15(9-7-12)14(17)11-18-13-4-2-1-3-5-13/h12-13,16H,1-11H2. The Balaban J connectivity index is 1.65. The molecular formula is C14H25NO3. The molecule has 1 saturated carbocycles. The van der Waals surface area contributed by atoms with E-state index in [0.29, 0.717) is 12.0 Å². The molecule has 0 spiro atoms. The molecule has 1 heterocycles. The zero-order chi connectivity index (χ0) is 12.8. The van der Waals surface area contributed by atoms with Crippen LogP contribution in [0.2, 0.25) is 0 Å². The molecule has 0 radical (unpaired) electrons. The van der Waals surface area contributed by atoms with Gasteiger partial charge < -0.3 is 14.7 Å². The topological polar surface area (TPSA) is 49.8 Å². The second-order valence-corrected chi connectivity index (χ2v) is 5.58. The number of likely N-dealkylation sites (tertiary alicyclic amines) is 1. The highest BCUT2D eigenvalue weighted by Crippen LogP contribution is 2.21. The zero-order valence-electron chi connectivity index (χ0n) is 11.1. The Morgan fingerprint density at radius 1 is 1.11 bits per heavy atom. The van der Waals surface area contributed by atoms with Gasteiger partial charge in [0.25, 0.3) is 0 Å². The van der Waals surface area contributed by atoms with Gasteiger partial charge in [-0.2, -0.15) is 0 Å². The lowest BCUT2D eigenvalue weighted by molar-refractivity contribution is -0.140. The highest BCUT2D eigenvalue weighted by atomic mass is 16.5. The van der Waals surface area contributed by atoms with Crippen molar-refractivity contribution in [3.05, 3.63) is 0 Å². The fourth-order valence-corrected chi connectivity index (χ4v) is 2.88. The normalized spacial score (nSPS) is 23.3. The van der Waals surface area contributed by atoms with E-state index < -0.39 is 0 Å². The van der Waals surface area contributed by atoms with Crippen LogP contribution in [0.4, 0.5) is 0 Å². The number of amides is 1. The van der Waals surface area contributed by atoms with Crippen LogP contribution in [-0.2, 0) is 9.53 Å². The van der Waals surface area contributed by atoms with Crippen LogP contribution in [-0.4, -0.2) is 48.3 Å². The predicted molar refractivity (Wildman–Crippen MR) is 69.2 cm³/mol. The van der Waals surface area contributed by atoms with Crippen LogP contribution in [0, 0.1) is 5.92 Å². The molecule has 2 aliphatic rings. The number of carbonyl (C=O) groups excluding carboxylic acids is 1. The molecular weight excluding hydrogens is 230 g/mol. The molecule has 0 aromatic heterocycles. The van der Waals surface area contributed by atoms with E-state index in [2.05, 4.69) is 0 Å². The summed E-state index contributed by atoms with van der Waals surface area (Å²) in [5.74, 6) is 0.505. The average molecular weight is 255 g/mol. The maximum Gasteiger partial charge on any atom is 0.248 e. The molecule has 4 nitrogen and oxygen atoms in total. The number of aliphatic hydroxyl groups is 1. The van der Waals surface area contributed by atoms with E-state index in [0.717, 1.165) is 38.8 Å². The molecule has 2 rings (SSSR count). The Kier molecular flexibility index (Phi) is 5.45. The molecule has 1 amide bonds. The Morgan fingerprint density at radius 2 is 1.78 bits per heavy atom. The van der Waals surface area contributed by atoms with Gasteiger partial charge in [0, 0.05) is 19.7 Å². The van der Waals surface area contributed by atoms with Crippen molar-refractivity contribution in [2.24, 2.45) is 5.92 Å². The van der Waals surface area contributed by atoms with E-state index in [9.17, 15) is 4.79 Å². The predicted octanol–water partition coefficient (Wildman–Crippen LogP) is 1.57. The van der Waals surface area contributed by atoms with Crippen LogP contribution in [0.5, 0.6) is 0 Å². The minimum atomic E-state index is 0.122. The van der Waals surface area contributed by atoms with E-state index in [4.69, 9.17) is 9.84 Å². The lowest BCUT2D eigenvalue weighted by atomic mass is 9.97. The fourth-order valence-electron chi connectivity index (χ4n) is 2.88. The third kappa shape index (κ3) is 3.95. The summed E-state index contributed by atoms with van der Waals surface area (Å²) in [4.78, 5) is 13.9. The Hall–Kier alpha value is -0.610. The number of hydrogen-bond acceptors (Lipinski definition) is 3. The summed E-state index contributed by atoms with van der Waals surface area (Å²) in [7, 11) is 0. The van der Waals surface area contributed by atoms with Crippen molar-refractivity contribution in [2.45, 2.75) is 51.0 Å². The maximum absolute atomic E-state index is 12.0. The minimum absolute atomic E-state index is 0.122. The lowest BCUT2D eigenvalue weighted by Crippen LogP contribution is -2.41. The van der Waals surface area contributed by atoms with Gasteiger partial charge >= 0.3 is 0 Å². The van der Waals surface area contributed by atoms with Crippen molar-refractivity contribution in [1.29, 1.82) is 0 Å². The molecule has 4 heteroatoms. The SMILES string of the molecule is O=C(COC1CCCCC1)N1CCC(CO)CC1. The monoisotopic (exact) mass is 255 g/mol. The number of carbonyl (C=O) groups is 1. The van der Waals surface area contributed by atoms with Gasteiger partial charge in [-0.15, -0.1) is 0 Å². The number of piperidine rings is 1. The van der Waals surface area contributed by atoms with Crippen molar-refractivity contribution in [3.63, 3.8) is 0 Å². The first-order valence-electron chi connectivity index (χ1n) is 7.30. The summed E-state index contributed by atoms with van der Waals surface area (Å²) in [5.41, 5.74) is 0. The maximum atomic E-state index is 12.0. The first kappa shape index (κ1) is 13.8. The third-order valence-corrected chi connectivity index (χ3v) is 4.22. The van der Waals surface area contributed by atoms with Crippen molar-refractivity contribution >= 4 is 5.91 Å². The molecule has 1 aliphatic heterocycles. The largest absolute Gasteiger partial charge is 0.396 e. The van der Waals surface area contributed by atoms with Gasteiger partial charge in [0.1, 0.15) is 6.61 Å². The van der Waals surface area contributed by atoms with E-state index in [1.807, 2.05) is 4.90 Å². The molecule has 1 saturated heterocycles. The van der Waals surface area contributed by atoms with Gasteiger partial charge in [0.05, 0.1) is 6.10 Å². The minimum Gasteiger partial charge on any atom is -0.396 e. The van der Waals surface area contributed by atoms with Crippen molar-refractivity contribution in [1.82, 2.24) is 4.90 Å². The van der Waals surface area contributed by atoms with Crippen LogP contribution in [0.15, 0.2) is 0 Å². The summed E-state index contributed by atoms with van der Waals surface area (Å²) < 4.78 is 5.71. The lowest BCUT2D eigenvalue weighted by Gasteiger charge is -2.31. The van der Waals surface area contributed by atoms with Crippen molar-refractivity contribution in [2.75, 3.05) is 26.3 Å². The first-order valence-corrected chi connectivity index (χ1v) is 7.30. The van der Waals surface area contributed by atoms with Crippen molar-refractivity contribution < 1.29 is 14.6 Å². The third-order valence-electron chi connectivity index (χ3n) is 4.22. The van der Waals surface area contributed by atoms with Crippen LogP contribution in [0.3, 0.4) is 0 Å². The summed E-state index contributed by atoms with van der Waals surface area (Å²) in [6, 6.07) is 0. The summed E-state index contributed by atoms with van der Waals surface area (Å²) in [6.45, 7) is 2.05. The van der Waals surface area contributed by atoms with Gasteiger partial charge in [-0.1, -0.05) is 19.3 Å². The highest BCUT2D eigenvalue weighted by molar-refractivity contribution is 5.77. The smallest absolute Gasteiger partial charge is 0.248 e. The fraction of sp³-hybridized carbons (Fsp3) is 0.929. The average Bonchev–Trinajstić information content (AvgIpc) is 2.46. The molecule has 0 aromatic carbocycles. The molecule has 0 bridgehead atoms. The van der Waals surface area contributed by atoms with Gasteiger partial charge in [0.15, 0.2) is 0 Å². The van der Waals surface area contributed by atoms with Gasteiger partial charge in [-0.3, -0.25) is 4.79 Å². The molecule has 104 valence electrons. The molecule has 0 aromatic rings. The molecule has 18 heavy (non-hydrogen) atoms. The Bertz CT molecular complexity index is 256. The summed E-state index contributed by atoms with van der Waals surface area (Å²) in [5, 5.41) is 9.06. The Labute approximate surface area is 109 Å². The van der Waals surface area contributed by atoms with Gasteiger partial charge in [-0.05, 0) is 31.6 Å². The Morgan fingerprint density at radius 3 is 2.39 bits per heavy atom. The number of hydrogen-bond donors (Lipinski definition) is 1. The number of aliphatic hydroxyl groups excluding tert-OH is 1. The quantitative estimate of drug-likeness (QED) is 0.829. The second-order valence-electron chi connectivity index (χ2n) is 5.58. The van der Waals surface area contributed by atoms with Crippen LogP contribution in [0.25, 0.3) is 0 Å². The van der Waals surface area contributed by atoms with Crippen LogP contribution >= 0.6 is 0 Å². The van der Waals surface area contributed by atoms with E-state index >= 15 is 0 Å². The van der Waals surface area contributed by atoms with Gasteiger partial charge in [0.2, 0.25) is 5.91 Å². The second kappa shape index (κ2) is 7.10. The first-order chi connectivity index (χ1) is 8.79. The number of ether oxygens (including phenoxy) is 1. The molecule has 1 aliphatic carbocycles. The summed E-state index contributed by atoms with van der Waals surface area (Å²) in [6.07, 6.45) is 8.15. The molecule has 1 N–H and O–H groups in total. The molecule has 0 atom stereocenters. The van der Waals surface area contributed by atoms with Crippen molar-refractivity contribution in [3.8, 4) is 0 Å². The van der Waals surface area contributed by atoms with Crippen LogP contribution in [0.1, 0.15) is 44.9 Å². The van der Waals surface area contributed by atoms with Crippen LogP contribution < -0.4 is 0 Å². The zero-order valence-corrected chi connectivity index (χ0v) is 11.1. The molecule has 0 unspecified atom stereocenters. The molecule has 2 fully saturated rings. The van der Waals surface area contributed by atoms with E-state index in [1.54, 1.807) is 0 Å².